The van der Waals surface area contributed by atoms with Crippen molar-refractivity contribution in [1.82, 2.24) is 0 Å². The summed E-state index contributed by atoms with van der Waals surface area (Å²) in [4.78, 5) is 12.0. The highest BCUT2D eigenvalue weighted by molar-refractivity contribution is 5.90. The van der Waals surface area contributed by atoms with Gasteiger partial charge in [0.15, 0.2) is 0 Å². The first-order valence-corrected chi connectivity index (χ1v) is 8.51. The zero-order valence-electron chi connectivity index (χ0n) is 15.3. The van der Waals surface area contributed by atoms with Crippen molar-refractivity contribution in [3.8, 4) is 11.5 Å². The molecule has 0 saturated carbocycles. The summed E-state index contributed by atoms with van der Waals surface area (Å²) in [7, 11) is 0. The second-order valence-corrected chi connectivity index (χ2v) is 5.91. The first-order valence-electron chi connectivity index (χ1n) is 8.51. The highest BCUT2D eigenvalue weighted by Gasteiger charge is 2.04. The van der Waals surface area contributed by atoms with E-state index in [9.17, 15) is 4.79 Å². The van der Waals surface area contributed by atoms with E-state index in [2.05, 4.69) is 19.2 Å². The largest absolute Gasteiger partial charge is 0.494 e. The molecule has 2 aromatic rings. The number of nitrogens with two attached hydrogens (primary N) is 1. The van der Waals surface area contributed by atoms with E-state index in [1.165, 1.54) is 11.1 Å². The maximum atomic E-state index is 12.0. The summed E-state index contributed by atoms with van der Waals surface area (Å²) in [6.45, 7) is 5.60. The molecule has 1 amide bonds. The van der Waals surface area contributed by atoms with Crippen LogP contribution >= 0.6 is 12.4 Å². The number of amides is 1. The molecule has 0 fully saturated rings. The molecule has 5 nitrogen and oxygen atoms in total. The second kappa shape index (κ2) is 11.4. The van der Waals surface area contributed by atoms with Crippen molar-refractivity contribution in [1.29, 1.82) is 0 Å². The van der Waals surface area contributed by atoms with Crippen LogP contribution in [0.1, 0.15) is 24.0 Å². The van der Waals surface area contributed by atoms with Crippen LogP contribution in [0, 0.1) is 13.8 Å². The summed E-state index contributed by atoms with van der Waals surface area (Å²) < 4.78 is 11.1. The van der Waals surface area contributed by atoms with E-state index < -0.39 is 0 Å². The molecule has 0 aromatic heterocycles. The van der Waals surface area contributed by atoms with Crippen LogP contribution < -0.4 is 20.5 Å². The Kier molecular flexibility index (Phi) is 9.55. The van der Waals surface area contributed by atoms with Gasteiger partial charge in [0.2, 0.25) is 5.91 Å². The SMILES string of the molecule is Cc1ccc(OCCCC(=O)Nc2ccc(OCCN)cc2)cc1C.Cl. The molecule has 0 radical (unpaired) electrons. The predicted octanol–water partition coefficient (Wildman–Crippen LogP) is 3.86. The van der Waals surface area contributed by atoms with Crippen LogP contribution in [-0.4, -0.2) is 25.7 Å². The van der Waals surface area contributed by atoms with Crippen LogP contribution in [-0.2, 0) is 4.79 Å². The molecule has 26 heavy (non-hydrogen) atoms. The highest BCUT2D eigenvalue weighted by Crippen LogP contribution is 2.17. The summed E-state index contributed by atoms with van der Waals surface area (Å²) in [5, 5.41) is 2.87. The standard InChI is InChI=1S/C20H26N2O3.ClH/c1-15-5-8-19(14-16(15)2)24-12-3-4-20(23)22-17-6-9-18(10-7-17)25-13-11-21;/h5-10,14H,3-4,11-13,21H2,1-2H3,(H,22,23);1H. The third kappa shape index (κ3) is 7.33. The average Bonchev–Trinajstić information content (AvgIpc) is 2.61. The van der Waals surface area contributed by atoms with Gasteiger partial charge in [-0.3, -0.25) is 4.79 Å². The number of anilines is 1. The normalized spacial score (nSPS) is 9.96. The molecule has 2 aromatic carbocycles. The van der Waals surface area contributed by atoms with E-state index in [4.69, 9.17) is 15.2 Å². The van der Waals surface area contributed by atoms with Gasteiger partial charge in [0.05, 0.1) is 6.61 Å². The van der Waals surface area contributed by atoms with Crippen molar-refractivity contribution in [2.75, 3.05) is 25.1 Å². The van der Waals surface area contributed by atoms with Crippen LogP contribution in [0.5, 0.6) is 11.5 Å². The molecule has 0 saturated heterocycles. The van der Waals surface area contributed by atoms with Crippen molar-refractivity contribution in [3.63, 3.8) is 0 Å². The molecule has 0 aliphatic rings. The fourth-order valence-corrected chi connectivity index (χ4v) is 2.26. The number of hydrogen-bond donors (Lipinski definition) is 2. The van der Waals surface area contributed by atoms with Crippen molar-refractivity contribution in [2.45, 2.75) is 26.7 Å². The van der Waals surface area contributed by atoms with E-state index >= 15 is 0 Å². The van der Waals surface area contributed by atoms with Gasteiger partial charge in [-0.1, -0.05) is 6.07 Å². The Hall–Kier alpha value is -2.24. The summed E-state index contributed by atoms with van der Waals surface area (Å²) in [5.41, 5.74) is 8.58. The molecule has 2 rings (SSSR count). The molecular formula is C20H27ClN2O3. The summed E-state index contributed by atoms with van der Waals surface area (Å²) in [6.07, 6.45) is 1.08. The minimum atomic E-state index is -0.0284. The summed E-state index contributed by atoms with van der Waals surface area (Å²) in [5.74, 6) is 1.56. The molecule has 6 heteroatoms. The number of aryl methyl sites for hydroxylation is 2. The Balaban J connectivity index is 0.00000338. The maximum absolute atomic E-state index is 12.0. The first-order chi connectivity index (χ1) is 12.1. The third-order valence-electron chi connectivity index (χ3n) is 3.82. The summed E-state index contributed by atoms with van der Waals surface area (Å²) >= 11 is 0. The van der Waals surface area contributed by atoms with E-state index in [-0.39, 0.29) is 18.3 Å². The van der Waals surface area contributed by atoms with Gasteiger partial charge in [-0.25, -0.2) is 0 Å². The van der Waals surface area contributed by atoms with Crippen LogP contribution in [0.4, 0.5) is 5.69 Å². The minimum Gasteiger partial charge on any atom is -0.494 e. The number of carbonyl (C=O) groups is 1. The fraction of sp³-hybridized carbons (Fsp3) is 0.350. The van der Waals surface area contributed by atoms with Crippen LogP contribution in [0.2, 0.25) is 0 Å². The Morgan fingerprint density at radius 1 is 0.962 bits per heavy atom. The van der Waals surface area contributed by atoms with Crippen molar-refractivity contribution < 1.29 is 14.3 Å². The molecule has 0 aliphatic heterocycles. The number of halogens is 1. The molecule has 0 bridgehead atoms. The molecule has 0 unspecified atom stereocenters. The third-order valence-corrected chi connectivity index (χ3v) is 3.82. The molecule has 0 heterocycles. The molecule has 0 atom stereocenters. The summed E-state index contributed by atoms with van der Waals surface area (Å²) in [6, 6.07) is 13.3. The van der Waals surface area contributed by atoms with Crippen molar-refractivity contribution >= 4 is 24.0 Å². The second-order valence-electron chi connectivity index (χ2n) is 5.91. The zero-order chi connectivity index (χ0) is 18.1. The molecule has 3 N–H and O–H groups in total. The Morgan fingerprint density at radius 3 is 2.27 bits per heavy atom. The number of benzene rings is 2. The molecule has 0 spiro atoms. The van der Waals surface area contributed by atoms with Crippen LogP contribution in [0.15, 0.2) is 42.5 Å². The number of ether oxygens (including phenoxy) is 2. The lowest BCUT2D eigenvalue weighted by molar-refractivity contribution is -0.116. The Morgan fingerprint density at radius 2 is 1.62 bits per heavy atom. The molecular weight excluding hydrogens is 352 g/mol. The van der Waals surface area contributed by atoms with Gasteiger partial charge >= 0.3 is 0 Å². The lowest BCUT2D eigenvalue weighted by atomic mass is 10.1. The predicted molar refractivity (Wildman–Crippen MR) is 108 cm³/mol. The minimum absolute atomic E-state index is 0. The van der Waals surface area contributed by atoms with Crippen molar-refractivity contribution in [3.05, 3.63) is 53.6 Å². The highest BCUT2D eigenvalue weighted by atomic mass is 35.5. The number of nitrogens with one attached hydrogen (secondary N) is 1. The van der Waals surface area contributed by atoms with Crippen molar-refractivity contribution in [2.24, 2.45) is 5.73 Å². The van der Waals surface area contributed by atoms with Gasteiger partial charge in [0.1, 0.15) is 18.1 Å². The van der Waals surface area contributed by atoms with Gasteiger partial charge in [-0.2, -0.15) is 0 Å². The lowest BCUT2D eigenvalue weighted by Crippen LogP contribution is -2.13. The zero-order valence-corrected chi connectivity index (χ0v) is 16.1. The molecule has 142 valence electrons. The van der Waals surface area contributed by atoms with Crippen LogP contribution in [0.25, 0.3) is 0 Å². The Bertz CT molecular complexity index is 690. The van der Waals surface area contributed by atoms with E-state index in [1.54, 1.807) is 0 Å². The van der Waals surface area contributed by atoms with Gasteiger partial charge < -0.3 is 20.5 Å². The van der Waals surface area contributed by atoms with E-state index in [1.807, 2.05) is 42.5 Å². The molecule has 0 aliphatic carbocycles. The monoisotopic (exact) mass is 378 g/mol. The number of rotatable bonds is 9. The Labute approximate surface area is 161 Å². The van der Waals surface area contributed by atoms with Gasteiger partial charge in [-0.15, -0.1) is 12.4 Å². The number of carbonyl (C=O) groups excluding carboxylic acids is 1. The average molecular weight is 379 g/mol. The number of hydrogen-bond acceptors (Lipinski definition) is 4. The first kappa shape index (κ1) is 21.8. The lowest BCUT2D eigenvalue weighted by Gasteiger charge is -2.09. The fourth-order valence-electron chi connectivity index (χ4n) is 2.26. The van der Waals surface area contributed by atoms with E-state index in [0.717, 1.165) is 17.2 Å². The van der Waals surface area contributed by atoms with Gasteiger partial charge in [0, 0.05) is 18.7 Å². The van der Waals surface area contributed by atoms with Gasteiger partial charge in [0.25, 0.3) is 0 Å². The quantitative estimate of drug-likeness (QED) is 0.650. The smallest absolute Gasteiger partial charge is 0.224 e. The van der Waals surface area contributed by atoms with E-state index in [0.29, 0.717) is 32.6 Å². The maximum Gasteiger partial charge on any atom is 0.224 e. The van der Waals surface area contributed by atoms with Crippen LogP contribution in [0.3, 0.4) is 0 Å². The van der Waals surface area contributed by atoms with Gasteiger partial charge in [-0.05, 0) is 67.8 Å². The topological polar surface area (TPSA) is 73.6 Å².